The molecular formula is C20H22F2N2O6. The van der Waals surface area contributed by atoms with E-state index >= 15 is 0 Å². The fourth-order valence-electron chi connectivity index (χ4n) is 2.52. The lowest BCUT2D eigenvalue weighted by Crippen LogP contribution is -2.17. The Morgan fingerprint density at radius 2 is 1.37 bits per heavy atom. The van der Waals surface area contributed by atoms with Crippen LogP contribution in [0, 0.1) is 11.6 Å². The van der Waals surface area contributed by atoms with Crippen molar-refractivity contribution in [2.24, 2.45) is 0 Å². The number of methoxy groups -OCH3 is 2. The smallest absolute Gasteiger partial charge is 0.340 e. The minimum atomic E-state index is -0.783. The third kappa shape index (κ3) is 5.28. The number of benzene rings is 2. The van der Waals surface area contributed by atoms with Gasteiger partial charge in [0.05, 0.1) is 49.4 Å². The highest BCUT2D eigenvalue weighted by Gasteiger charge is 2.18. The Balaban J connectivity index is 1.98. The van der Waals surface area contributed by atoms with Gasteiger partial charge in [-0.1, -0.05) is 0 Å². The monoisotopic (exact) mass is 424 g/mol. The van der Waals surface area contributed by atoms with Gasteiger partial charge in [-0.2, -0.15) is 0 Å². The van der Waals surface area contributed by atoms with E-state index in [4.69, 9.17) is 20.9 Å². The summed E-state index contributed by atoms with van der Waals surface area (Å²) in [6.45, 7) is 1.67. The largest absolute Gasteiger partial charge is 0.490 e. The van der Waals surface area contributed by atoms with Crippen molar-refractivity contribution in [3.63, 3.8) is 0 Å². The quantitative estimate of drug-likeness (QED) is 0.490. The maximum atomic E-state index is 14.2. The minimum Gasteiger partial charge on any atom is -0.490 e. The van der Waals surface area contributed by atoms with Gasteiger partial charge in [0, 0.05) is 18.6 Å². The van der Waals surface area contributed by atoms with Crippen LogP contribution in [0.15, 0.2) is 24.3 Å². The lowest BCUT2D eigenvalue weighted by molar-refractivity contribution is 0.0592. The van der Waals surface area contributed by atoms with Crippen molar-refractivity contribution in [3.8, 4) is 11.5 Å². The van der Waals surface area contributed by atoms with Gasteiger partial charge >= 0.3 is 11.9 Å². The van der Waals surface area contributed by atoms with Gasteiger partial charge < -0.3 is 30.4 Å². The van der Waals surface area contributed by atoms with E-state index in [-0.39, 0.29) is 47.0 Å². The van der Waals surface area contributed by atoms with E-state index in [9.17, 15) is 18.4 Å². The molecule has 0 saturated carbocycles. The molecule has 1 atom stereocenters. The van der Waals surface area contributed by atoms with Gasteiger partial charge in [0.1, 0.15) is 0 Å². The second-order valence-corrected chi connectivity index (χ2v) is 6.29. The molecule has 2 aromatic carbocycles. The van der Waals surface area contributed by atoms with E-state index in [1.807, 2.05) is 0 Å². The number of hydrogen-bond acceptors (Lipinski definition) is 8. The highest BCUT2D eigenvalue weighted by Crippen LogP contribution is 2.27. The maximum Gasteiger partial charge on any atom is 0.340 e. The van der Waals surface area contributed by atoms with E-state index < -0.39 is 29.7 Å². The van der Waals surface area contributed by atoms with Crippen LogP contribution in [-0.2, 0) is 9.47 Å². The standard InChI is InChI=1S/C20H22F2N2O6/c1-10(30-18-9-16(24)12(7-14(18)22)20(26)28-3)4-5-29-17-8-15(23)11(6-13(17)21)19(25)27-2/h6-10H,4-5,23-24H2,1-3H3. The van der Waals surface area contributed by atoms with E-state index in [0.717, 1.165) is 26.4 Å². The average molecular weight is 424 g/mol. The first-order valence-corrected chi connectivity index (χ1v) is 8.82. The van der Waals surface area contributed by atoms with Crippen molar-refractivity contribution in [1.29, 1.82) is 0 Å². The fourth-order valence-corrected chi connectivity index (χ4v) is 2.52. The first-order chi connectivity index (χ1) is 14.2. The number of esters is 2. The van der Waals surface area contributed by atoms with Crippen LogP contribution >= 0.6 is 0 Å². The summed E-state index contributed by atoms with van der Waals surface area (Å²) in [6.07, 6.45) is -0.270. The molecule has 2 rings (SSSR count). The normalized spacial score (nSPS) is 11.5. The van der Waals surface area contributed by atoms with Crippen molar-refractivity contribution in [2.75, 3.05) is 32.3 Å². The molecule has 30 heavy (non-hydrogen) atoms. The summed E-state index contributed by atoms with van der Waals surface area (Å²) < 4.78 is 48.2. The Bertz CT molecular complexity index is 951. The number of nitrogens with two attached hydrogens (primary N) is 2. The molecular weight excluding hydrogens is 402 g/mol. The number of anilines is 2. The summed E-state index contributed by atoms with van der Waals surface area (Å²) in [6, 6.07) is 4.22. The van der Waals surface area contributed by atoms with Crippen molar-refractivity contribution in [2.45, 2.75) is 19.4 Å². The zero-order valence-electron chi connectivity index (χ0n) is 16.7. The summed E-state index contributed by atoms with van der Waals surface area (Å²) >= 11 is 0. The number of halogens is 2. The molecule has 0 saturated heterocycles. The molecule has 0 spiro atoms. The number of ether oxygens (including phenoxy) is 4. The van der Waals surface area contributed by atoms with Crippen LogP contribution in [-0.4, -0.2) is 38.9 Å². The summed E-state index contributed by atoms with van der Waals surface area (Å²) in [4.78, 5) is 23.0. The zero-order chi connectivity index (χ0) is 22.4. The summed E-state index contributed by atoms with van der Waals surface area (Å²) in [7, 11) is 2.32. The Hall–Kier alpha value is -3.56. The molecule has 0 aliphatic heterocycles. The van der Waals surface area contributed by atoms with Gasteiger partial charge in [0.2, 0.25) is 0 Å². The summed E-state index contributed by atoms with van der Waals surface area (Å²) in [5, 5.41) is 0. The van der Waals surface area contributed by atoms with Crippen LogP contribution in [0.25, 0.3) is 0 Å². The van der Waals surface area contributed by atoms with Crippen LogP contribution in [0.5, 0.6) is 11.5 Å². The summed E-state index contributed by atoms with van der Waals surface area (Å²) in [5.41, 5.74) is 11.2. The number of rotatable bonds is 8. The molecule has 1 unspecified atom stereocenters. The third-order valence-corrected chi connectivity index (χ3v) is 4.13. The van der Waals surface area contributed by atoms with Crippen molar-refractivity contribution < 1.29 is 37.3 Å². The van der Waals surface area contributed by atoms with Gasteiger partial charge in [0.25, 0.3) is 0 Å². The van der Waals surface area contributed by atoms with E-state index in [1.165, 1.54) is 12.1 Å². The van der Waals surface area contributed by atoms with Crippen molar-refractivity contribution >= 4 is 23.3 Å². The molecule has 0 amide bonds. The van der Waals surface area contributed by atoms with Crippen LogP contribution in [0.1, 0.15) is 34.1 Å². The van der Waals surface area contributed by atoms with E-state index in [1.54, 1.807) is 6.92 Å². The third-order valence-electron chi connectivity index (χ3n) is 4.13. The SMILES string of the molecule is COC(=O)c1cc(F)c(OCCC(C)Oc2cc(N)c(C(=O)OC)cc2F)cc1N. The Labute approximate surface area is 171 Å². The number of carbonyl (C=O) groups excluding carboxylic acids is 2. The van der Waals surface area contributed by atoms with Crippen LogP contribution in [0.4, 0.5) is 20.2 Å². The average Bonchev–Trinajstić information content (AvgIpc) is 2.71. The van der Waals surface area contributed by atoms with Gasteiger partial charge in [-0.15, -0.1) is 0 Å². The summed E-state index contributed by atoms with van der Waals surface area (Å²) in [5.74, 6) is -3.39. The Kier molecular flexibility index (Phi) is 7.40. The number of hydrogen-bond donors (Lipinski definition) is 2. The van der Waals surface area contributed by atoms with E-state index in [0.29, 0.717) is 0 Å². The van der Waals surface area contributed by atoms with Gasteiger partial charge in [-0.25, -0.2) is 18.4 Å². The minimum absolute atomic E-state index is 0.00458. The molecule has 0 aliphatic carbocycles. The molecule has 0 aliphatic rings. The van der Waals surface area contributed by atoms with Crippen LogP contribution in [0.3, 0.4) is 0 Å². The first-order valence-electron chi connectivity index (χ1n) is 8.82. The predicted molar refractivity (Wildman–Crippen MR) is 105 cm³/mol. The lowest BCUT2D eigenvalue weighted by atomic mass is 10.1. The second-order valence-electron chi connectivity index (χ2n) is 6.29. The molecule has 2 aromatic rings. The topological polar surface area (TPSA) is 123 Å². The molecule has 0 aromatic heterocycles. The van der Waals surface area contributed by atoms with Crippen LogP contribution in [0.2, 0.25) is 0 Å². The molecule has 0 heterocycles. The van der Waals surface area contributed by atoms with Gasteiger partial charge in [0.15, 0.2) is 23.1 Å². The molecule has 8 nitrogen and oxygen atoms in total. The second kappa shape index (κ2) is 9.77. The molecule has 0 radical (unpaired) electrons. The molecule has 162 valence electrons. The lowest BCUT2D eigenvalue weighted by Gasteiger charge is -2.17. The molecule has 0 bridgehead atoms. The van der Waals surface area contributed by atoms with Crippen LogP contribution < -0.4 is 20.9 Å². The maximum absolute atomic E-state index is 14.2. The van der Waals surface area contributed by atoms with Gasteiger partial charge in [-0.3, -0.25) is 0 Å². The Morgan fingerprint density at radius 1 is 0.900 bits per heavy atom. The molecule has 0 fully saturated rings. The Morgan fingerprint density at radius 3 is 1.87 bits per heavy atom. The van der Waals surface area contributed by atoms with Gasteiger partial charge in [-0.05, 0) is 19.1 Å². The highest BCUT2D eigenvalue weighted by atomic mass is 19.1. The van der Waals surface area contributed by atoms with Crippen molar-refractivity contribution in [3.05, 3.63) is 47.0 Å². The zero-order valence-corrected chi connectivity index (χ0v) is 16.7. The number of nitrogen functional groups attached to an aromatic ring is 2. The fraction of sp³-hybridized carbons (Fsp3) is 0.300. The first kappa shape index (κ1) is 22.7. The van der Waals surface area contributed by atoms with E-state index in [2.05, 4.69) is 9.47 Å². The highest BCUT2D eigenvalue weighted by molar-refractivity contribution is 5.95. The molecule has 10 heteroatoms. The van der Waals surface area contributed by atoms with Crippen molar-refractivity contribution in [1.82, 2.24) is 0 Å². The number of carbonyl (C=O) groups is 2. The molecule has 4 N–H and O–H groups in total. The predicted octanol–water partition coefficient (Wildman–Crippen LogP) is 2.94.